The van der Waals surface area contributed by atoms with Crippen LogP contribution in [0.25, 0.3) is 0 Å². The molecule has 88 valence electrons. The fourth-order valence-electron chi connectivity index (χ4n) is 0.996. The van der Waals surface area contributed by atoms with E-state index >= 15 is 0 Å². The maximum Gasteiger partial charge on any atom is 0.335 e. The quantitative estimate of drug-likeness (QED) is 0.343. The molecule has 7 heteroatoms. The SMILES string of the molecule is O=CC(=CNc1ccc(C(=O)O)cc1)[N+](=O)[O-]. The molecule has 0 radical (unpaired) electrons. The van der Waals surface area contributed by atoms with Gasteiger partial charge >= 0.3 is 11.7 Å². The smallest absolute Gasteiger partial charge is 0.335 e. The lowest BCUT2D eigenvalue weighted by Crippen LogP contribution is -2.03. The molecule has 0 fully saturated rings. The lowest BCUT2D eigenvalue weighted by atomic mass is 10.2. The van der Waals surface area contributed by atoms with E-state index in [-0.39, 0.29) is 11.8 Å². The maximum atomic E-state index is 10.5. The number of nitrogens with one attached hydrogen (secondary N) is 1. The van der Waals surface area contributed by atoms with E-state index in [0.717, 1.165) is 6.20 Å². The minimum Gasteiger partial charge on any atom is -0.478 e. The molecule has 0 aliphatic carbocycles. The van der Waals surface area contributed by atoms with Crippen molar-refractivity contribution in [1.82, 2.24) is 0 Å². The predicted molar refractivity (Wildman–Crippen MR) is 58.2 cm³/mol. The molecule has 0 saturated heterocycles. The second-order valence-corrected chi connectivity index (χ2v) is 2.97. The molecule has 0 bridgehead atoms. The van der Waals surface area contributed by atoms with Crippen molar-refractivity contribution in [3.05, 3.63) is 51.8 Å². The number of hydrogen-bond donors (Lipinski definition) is 2. The number of carboxylic acid groups (broad SMARTS) is 1. The van der Waals surface area contributed by atoms with Crippen molar-refractivity contribution in [1.29, 1.82) is 0 Å². The van der Waals surface area contributed by atoms with E-state index < -0.39 is 16.6 Å². The van der Waals surface area contributed by atoms with Gasteiger partial charge in [-0.05, 0) is 24.3 Å². The number of hydrogen-bond acceptors (Lipinski definition) is 5. The highest BCUT2D eigenvalue weighted by Gasteiger charge is 2.07. The van der Waals surface area contributed by atoms with Gasteiger partial charge < -0.3 is 10.4 Å². The largest absolute Gasteiger partial charge is 0.478 e. The molecule has 1 rings (SSSR count). The van der Waals surface area contributed by atoms with Gasteiger partial charge in [0.2, 0.25) is 6.29 Å². The zero-order valence-corrected chi connectivity index (χ0v) is 8.49. The number of carboxylic acids is 1. The van der Waals surface area contributed by atoms with Crippen LogP contribution in [0.5, 0.6) is 0 Å². The number of nitro groups is 1. The normalized spacial score (nSPS) is 10.7. The maximum absolute atomic E-state index is 10.5. The molecule has 0 aliphatic rings. The molecule has 17 heavy (non-hydrogen) atoms. The van der Waals surface area contributed by atoms with Gasteiger partial charge in [0.1, 0.15) is 0 Å². The van der Waals surface area contributed by atoms with Crippen LogP contribution in [0.3, 0.4) is 0 Å². The Morgan fingerprint density at radius 2 is 1.94 bits per heavy atom. The summed E-state index contributed by atoms with van der Waals surface area (Å²) in [6.45, 7) is 0. The second kappa shape index (κ2) is 5.40. The van der Waals surface area contributed by atoms with Gasteiger partial charge in [-0.25, -0.2) is 4.79 Å². The number of carbonyl (C=O) groups is 2. The van der Waals surface area contributed by atoms with Crippen LogP contribution in [0, 0.1) is 10.1 Å². The first-order chi connectivity index (χ1) is 8.04. The first-order valence-electron chi connectivity index (χ1n) is 4.44. The van der Waals surface area contributed by atoms with Crippen molar-refractivity contribution in [2.75, 3.05) is 5.32 Å². The summed E-state index contributed by atoms with van der Waals surface area (Å²) in [5.41, 5.74) is -0.0760. The van der Waals surface area contributed by atoms with E-state index in [2.05, 4.69) is 5.32 Å². The Hall–Kier alpha value is -2.70. The summed E-state index contributed by atoms with van der Waals surface area (Å²) in [7, 11) is 0. The number of aromatic carboxylic acids is 1. The van der Waals surface area contributed by atoms with Crippen LogP contribution in [0.15, 0.2) is 36.2 Å². The Balaban J connectivity index is 2.79. The van der Waals surface area contributed by atoms with E-state index in [1.807, 2.05) is 0 Å². The second-order valence-electron chi connectivity index (χ2n) is 2.97. The minimum absolute atomic E-state index is 0.101. The van der Waals surface area contributed by atoms with Crippen LogP contribution in [-0.4, -0.2) is 22.3 Å². The van der Waals surface area contributed by atoms with Crippen molar-refractivity contribution in [2.45, 2.75) is 0 Å². The third-order valence-electron chi connectivity index (χ3n) is 1.85. The third-order valence-corrected chi connectivity index (χ3v) is 1.85. The molecule has 0 spiro atoms. The average molecular weight is 236 g/mol. The minimum atomic E-state index is -1.06. The number of aldehydes is 1. The predicted octanol–water partition coefficient (Wildman–Crippen LogP) is 1.11. The van der Waals surface area contributed by atoms with Crippen LogP contribution < -0.4 is 5.32 Å². The highest BCUT2D eigenvalue weighted by molar-refractivity contribution is 5.88. The molecular formula is C10H8N2O5. The van der Waals surface area contributed by atoms with Crippen molar-refractivity contribution in [2.24, 2.45) is 0 Å². The Bertz CT molecular complexity index is 478. The Labute approximate surface area is 95.5 Å². The van der Waals surface area contributed by atoms with Gasteiger partial charge in [0.15, 0.2) is 0 Å². The molecule has 2 N–H and O–H groups in total. The van der Waals surface area contributed by atoms with Gasteiger partial charge in [-0.2, -0.15) is 0 Å². The number of allylic oxidation sites excluding steroid dienone is 1. The summed E-state index contributed by atoms with van der Waals surface area (Å²) in [4.78, 5) is 30.3. The molecule has 1 aromatic carbocycles. The first kappa shape index (κ1) is 12.4. The highest BCUT2D eigenvalue weighted by Crippen LogP contribution is 2.09. The van der Waals surface area contributed by atoms with E-state index in [1.165, 1.54) is 24.3 Å². The Kier molecular flexibility index (Phi) is 3.93. The fraction of sp³-hybridized carbons (Fsp3) is 0. The molecule has 0 aliphatic heterocycles. The monoisotopic (exact) mass is 236 g/mol. The molecule has 0 saturated carbocycles. The first-order valence-corrected chi connectivity index (χ1v) is 4.44. The van der Waals surface area contributed by atoms with Gasteiger partial charge in [0.25, 0.3) is 0 Å². The van der Waals surface area contributed by atoms with Crippen LogP contribution in [0.4, 0.5) is 5.69 Å². The van der Waals surface area contributed by atoms with Gasteiger partial charge in [0.05, 0.1) is 16.7 Å². The lowest BCUT2D eigenvalue weighted by Gasteiger charge is -2.00. The molecule has 0 amide bonds. The van der Waals surface area contributed by atoms with E-state index in [1.54, 1.807) is 0 Å². The standard InChI is InChI=1S/C10H8N2O5/c13-6-9(12(16)17)5-11-8-3-1-7(2-4-8)10(14)15/h1-6,11H,(H,14,15). The topological polar surface area (TPSA) is 110 Å². The zero-order chi connectivity index (χ0) is 12.8. The molecule has 0 unspecified atom stereocenters. The van der Waals surface area contributed by atoms with Crippen molar-refractivity contribution >= 4 is 17.9 Å². The fourth-order valence-corrected chi connectivity index (χ4v) is 0.996. The summed E-state index contributed by atoms with van der Waals surface area (Å²) >= 11 is 0. The molecule has 0 aromatic heterocycles. The number of nitrogens with zero attached hydrogens (tertiary/aromatic N) is 1. The van der Waals surface area contributed by atoms with Crippen molar-refractivity contribution in [3.8, 4) is 0 Å². The summed E-state index contributed by atoms with van der Waals surface area (Å²) in [6.07, 6.45) is 1.04. The van der Waals surface area contributed by atoms with Crippen LogP contribution >= 0.6 is 0 Å². The summed E-state index contributed by atoms with van der Waals surface area (Å²) in [5, 5.41) is 21.4. The lowest BCUT2D eigenvalue weighted by molar-refractivity contribution is -0.417. The molecule has 1 aromatic rings. The Morgan fingerprint density at radius 3 is 2.35 bits per heavy atom. The highest BCUT2D eigenvalue weighted by atomic mass is 16.6. The van der Waals surface area contributed by atoms with Crippen molar-refractivity contribution < 1.29 is 19.6 Å². The van der Waals surface area contributed by atoms with Gasteiger partial charge in [0, 0.05) is 5.69 Å². The van der Waals surface area contributed by atoms with E-state index in [4.69, 9.17) is 5.11 Å². The Morgan fingerprint density at radius 1 is 1.35 bits per heavy atom. The average Bonchev–Trinajstić information content (AvgIpc) is 2.30. The van der Waals surface area contributed by atoms with Crippen LogP contribution in [0.2, 0.25) is 0 Å². The summed E-state index contributed by atoms with van der Waals surface area (Å²) in [6, 6.07) is 5.54. The van der Waals surface area contributed by atoms with Gasteiger partial charge in [-0.3, -0.25) is 14.9 Å². The van der Waals surface area contributed by atoms with E-state index in [0.29, 0.717) is 5.69 Å². The van der Waals surface area contributed by atoms with Gasteiger partial charge in [-0.15, -0.1) is 0 Å². The van der Waals surface area contributed by atoms with Crippen LogP contribution in [-0.2, 0) is 4.79 Å². The zero-order valence-electron chi connectivity index (χ0n) is 8.49. The van der Waals surface area contributed by atoms with Crippen LogP contribution in [0.1, 0.15) is 10.4 Å². The third kappa shape index (κ3) is 3.42. The molecule has 0 atom stereocenters. The van der Waals surface area contributed by atoms with Crippen molar-refractivity contribution in [3.63, 3.8) is 0 Å². The number of anilines is 1. The summed E-state index contributed by atoms with van der Waals surface area (Å²) < 4.78 is 0. The molecular weight excluding hydrogens is 228 g/mol. The number of benzene rings is 1. The molecule has 0 heterocycles. The van der Waals surface area contributed by atoms with E-state index in [9.17, 15) is 19.7 Å². The summed E-state index contributed by atoms with van der Waals surface area (Å²) in [5.74, 6) is -1.06. The number of rotatable bonds is 5. The molecule has 7 nitrogen and oxygen atoms in total. The van der Waals surface area contributed by atoms with Gasteiger partial charge in [-0.1, -0.05) is 0 Å². The number of carbonyl (C=O) groups excluding carboxylic acids is 1.